The van der Waals surface area contributed by atoms with Gasteiger partial charge in [-0.15, -0.1) is 0 Å². The lowest BCUT2D eigenvalue weighted by atomic mass is 9.76. The van der Waals surface area contributed by atoms with Crippen LogP contribution in [0.3, 0.4) is 0 Å². The molecule has 1 rings (SSSR count). The van der Waals surface area contributed by atoms with Gasteiger partial charge in [-0.05, 0) is 19.8 Å². The molecule has 2 nitrogen and oxygen atoms in total. The van der Waals surface area contributed by atoms with Gasteiger partial charge in [-0.1, -0.05) is 35.2 Å². The van der Waals surface area contributed by atoms with Gasteiger partial charge in [0.25, 0.3) is 0 Å². The van der Waals surface area contributed by atoms with Crippen molar-refractivity contribution in [3.05, 3.63) is 0 Å². The van der Waals surface area contributed by atoms with Crippen LogP contribution in [0.5, 0.6) is 0 Å². The SMILES string of the molecule is CCOC(=O)C1(CBr)CCCCC1. The summed E-state index contributed by atoms with van der Waals surface area (Å²) in [5, 5.41) is 0.749. The summed E-state index contributed by atoms with van der Waals surface area (Å²) in [6.07, 6.45) is 5.54. The van der Waals surface area contributed by atoms with Crippen LogP contribution < -0.4 is 0 Å². The van der Waals surface area contributed by atoms with Gasteiger partial charge in [0.2, 0.25) is 0 Å². The van der Waals surface area contributed by atoms with E-state index in [-0.39, 0.29) is 11.4 Å². The largest absolute Gasteiger partial charge is 0.466 e. The van der Waals surface area contributed by atoms with Gasteiger partial charge in [0.05, 0.1) is 12.0 Å². The highest BCUT2D eigenvalue weighted by Gasteiger charge is 2.39. The summed E-state index contributed by atoms with van der Waals surface area (Å²) in [5.41, 5.74) is -0.214. The molecule has 0 N–H and O–H groups in total. The molecule has 0 bridgehead atoms. The minimum absolute atomic E-state index is 0.00780. The molecule has 76 valence electrons. The Morgan fingerprint density at radius 3 is 2.46 bits per heavy atom. The van der Waals surface area contributed by atoms with Gasteiger partial charge < -0.3 is 4.74 Å². The zero-order valence-corrected chi connectivity index (χ0v) is 9.73. The lowest BCUT2D eigenvalue weighted by Gasteiger charge is -2.32. The van der Waals surface area contributed by atoms with Crippen molar-refractivity contribution in [3.8, 4) is 0 Å². The molecule has 3 heteroatoms. The molecule has 1 aliphatic rings. The molecule has 1 aliphatic carbocycles. The predicted octanol–water partition coefficient (Wildman–Crippen LogP) is 2.89. The lowest BCUT2D eigenvalue weighted by molar-refractivity contribution is -0.155. The topological polar surface area (TPSA) is 26.3 Å². The van der Waals surface area contributed by atoms with Crippen LogP contribution in [-0.2, 0) is 9.53 Å². The third-order valence-electron chi connectivity index (χ3n) is 2.77. The van der Waals surface area contributed by atoms with Crippen molar-refractivity contribution in [1.82, 2.24) is 0 Å². The fraction of sp³-hybridized carbons (Fsp3) is 0.900. The van der Waals surface area contributed by atoms with Gasteiger partial charge in [0.1, 0.15) is 0 Å². The molecule has 0 saturated heterocycles. The standard InChI is InChI=1S/C10H17BrO2/c1-2-13-9(12)10(8-11)6-4-3-5-7-10/h2-8H2,1H3. The number of halogens is 1. The van der Waals surface area contributed by atoms with Crippen molar-refractivity contribution < 1.29 is 9.53 Å². The number of hydrogen-bond acceptors (Lipinski definition) is 2. The second-order valence-electron chi connectivity index (χ2n) is 3.70. The van der Waals surface area contributed by atoms with Gasteiger partial charge in [-0.3, -0.25) is 4.79 Å². The molecule has 0 aromatic rings. The molecule has 0 heterocycles. The summed E-state index contributed by atoms with van der Waals surface area (Å²) in [6.45, 7) is 2.36. The Morgan fingerprint density at radius 1 is 1.38 bits per heavy atom. The molecule has 0 aliphatic heterocycles. The Labute approximate surface area is 88.2 Å². The number of alkyl halides is 1. The highest BCUT2D eigenvalue weighted by Crippen LogP contribution is 2.38. The van der Waals surface area contributed by atoms with E-state index >= 15 is 0 Å². The van der Waals surface area contributed by atoms with E-state index < -0.39 is 0 Å². The van der Waals surface area contributed by atoms with Gasteiger partial charge in [0.15, 0.2) is 0 Å². The quantitative estimate of drug-likeness (QED) is 0.567. The number of rotatable bonds is 3. The number of ether oxygens (including phenoxy) is 1. The van der Waals surface area contributed by atoms with Crippen LogP contribution in [-0.4, -0.2) is 17.9 Å². The summed E-state index contributed by atoms with van der Waals surface area (Å²) in [6, 6.07) is 0. The van der Waals surface area contributed by atoms with E-state index in [4.69, 9.17) is 4.74 Å². The maximum atomic E-state index is 11.7. The highest BCUT2D eigenvalue weighted by molar-refractivity contribution is 9.09. The number of hydrogen-bond donors (Lipinski definition) is 0. The number of esters is 1. The first-order valence-electron chi connectivity index (χ1n) is 4.98. The van der Waals surface area contributed by atoms with Crippen LogP contribution >= 0.6 is 15.9 Å². The van der Waals surface area contributed by atoms with Crippen molar-refractivity contribution in [1.29, 1.82) is 0 Å². The van der Waals surface area contributed by atoms with Gasteiger partial charge in [-0.25, -0.2) is 0 Å². The average Bonchev–Trinajstić information content (AvgIpc) is 2.19. The second-order valence-corrected chi connectivity index (χ2v) is 4.26. The zero-order valence-electron chi connectivity index (χ0n) is 8.14. The van der Waals surface area contributed by atoms with Crippen LogP contribution in [0.2, 0.25) is 0 Å². The van der Waals surface area contributed by atoms with Crippen molar-refractivity contribution in [2.24, 2.45) is 5.41 Å². The molecule has 0 amide bonds. The van der Waals surface area contributed by atoms with Gasteiger partial charge in [-0.2, -0.15) is 0 Å². The predicted molar refractivity (Wildman–Crippen MR) is 55.9 cm³/mol. The molecular weight excluding hydrogens is 232 g/mol. The number of carbonyl (C=O) groups is 1. The maximum absolute atomic E-state index is 11.7. The Balaban J connectivity index is 2.61. The summed E-state index contributed by atoms with van der Waals surface area (Å²) in [7, 11) is 0. The van der Waals surface area contributed by atoms with Crippen LogP contribution in [0.15, 0.2) is 0 Å². The third-order valence-corrected chi connectivity index (χ3v) is 3.85. The molecule has 13 heavy (non-hydrogen) atoms. The average molecular weight is 249 g/mol. The summed E-state index contributed by atoms with van der Waals surface area (Å²) in [4.78, 5) is 11.7. The van der Waals surface area contributed by atoms with Crippen LogP contribution in [0, 0.1) is 5.41 Å². The van der Waals surface area contributed by atoms with E-state index in [0.29, 0.717) is 6.61 Å². The molecule has 1 saturated carbocycles. The third kappa shape index (κ3) is 2.46. The van der Waals surface area contributed by atoms with Crippen molar-refractivity contribution in [2.75, 3.05) is 11.9 Å². The van der Waals surface area contributed by atoms with E-state index in [9.17, 15) is 4.79 Å². The van der Waals surface area contributed by atoms with Crippen LogP contribution in [0.25, 0.3) is 0 Å². The highest BCUT2D eigenvalue weighted by atomic mass is 79.9. The Morgan fingerprint density at radius 2 is 2.00 bits per heavy atom. The molecular formula is C10H17BrO2. The Kier molecular flexibility index (Phi) is 4.23. The Bertz CT molecular complexity index is 174. The minimum atomic E-state index is -0.214. The summed E-state index contributed by atoms with van der Waals surface area (Å²) in [5.74, 6) is -0.00780. The van der Waals surface area contributed by atoms with E-state index in [1.165, 1.54) is 6.42 Å². The van der Waals surface area contributed by atoms with Crippen molar-refractivity contribution >= 4 is 21.9 Å². The van der Waals surface area contributed by atoms with Crippen LogP contribution in [0.1, 0.15) is 39.0 Å². The molecule has 1 fully saturated rings. The van der Waals surface area contributed by atoms with Gasteiger partial charge in [0, 0.05) is 5.33 Å². The lowest BCUT2D eigenvalue weighted by Crippen LogP contribution is -2.36. The van der Waals surface area contributed by atoms with Gasteiger partial charge >= 0.3 is 5.97 Å². The second kappa shape index (κ2) is 4.99. The maximum Gasteiger partial charge on any atom is 0.312 e. The molecule has 0 atom stereocenters. The van der Waals surface area contributed by atoms with E-state index in [0.717, 1.165) is 31.0 Å². The molecule has 0 aromatic heterocycles. The molecule has 0 unspecified atom stereocenters. The van der Waals surface area contributed by atoms with E-state index in [2.05, 4.69) is 15.9 Å². The first-order valence-corrected chi connectivity index (χ1v) is 6.10. The Hall–Kier alpha value is -0.0500. The summed E-state index contributed by atoms with van der Waals surface area (Å²) >= 11 is 3.44. The van der Waals surface area contributed by atoms with Crippen LogP contribution in [0.4, 0.5) is 0 Å². The minimum Gasteiger partial charge on any atom is -0.466 e. The smallest absolute Gasteiger partial charge is 0.312 e. The normalized spacial score (nSPS) is 21.1. The molecule has 0 aromatic carbocycles. The zero-order chi connectivity index (χ0) is 9.73. The number of carbonyl (C=O) groups excluding carboxylic acids is 1. The fourth-order valence-electron chi connectivity index (χ4n) is 1.91. The first kappa shape index (κ1) is 11.0. The van der Waals surface area contributed by atoms with E-state index in [1.54, 1.807) is 0 Å². The van der Waals surface area contributed by atoms with E-state index in [1.807, 2.05) is 6.92 Å². The monoisotopic (exact) mass is 248 g/mol. The first-order chi connectivity index (χ1) is 6.25. The van der Waals surface area contributed by atoms with Crippen molar-refractivity contribution in [3.63, 3.8) is 0 Å². The van der Waals surface area contributed by atoms with Crippen molar-refractivity contribution in [2.45, 2.75) is 39.0 Å². The molecule has 0 radical (unpaired) electrons. The fourth-order valence-corrected chi connectivity index (χ4v) is 2.69. The molecule has 0 spiro atoms. The summed E-state index contributed by atoms with van der Waals surface area (Å²) < 4.78 is 5.11.